The van der Waals surface area contributed by atoms with Gasteiger partial charge in [-0.25, -0.2) is 0 Å². The zero-order valence-electron chi connectivity index (χ0n) is 18.0. The second-order valence-corrected chi connectivity index (χ2v) is 7.72. The summed E-state index contributed by atoms with van der Waals surface area (Å²) >= 11 is 0. The van der Waals surface area contributed by atoms with E-state index in [1.165, 1.54) is 32.1 Å². The molecule has 2 heterocycles. The number of hydrogen-bond acceptors (Lipinski definition) is 4. The van der Waals surface area contributed by atoms with E-state index >= 15 is 0 Å². The number of nitrogens with zero attached hydrogens (tertiary/aromatic N) is 2. The Morgan fingerprint density at radius 2 is 2.03 bits per heavy atom. The van der Waals surface area contributed by atoms with Gasteiger partial charge in [-0.15, -0.1) is 0 Å². The molecule has 1 saturated heterocycles. The van der Waals surface area contributed by atoms with Gasteiger partial charge in [-0.1, -0.05) is 18.6 Å². The van der Waals surface area contributed by atoms with Crippen molar-refractivity contribution in [1.82, 2.24) is 15.5 Å². The lowest BCUT2D eigenvalue weighted by Gasteiger charge is -2.33. The van der Waals surface area contributed by atoms with Crippen LogP contribution in [0.5, 0.6) is 0 Å². The van der Waals surface area contributed by atoms with Crippen LogP contribution < -0.4 is 16.0 Å². The fourth-order valence-electron chi connectivity index (χ4n) is 3.69. The quantitative estimate of drug-likeness (QED) is 0.352. The van der Waals surface area contributed by atoms with Crippen LogP contribution in [0.3, 0.4) is 0 Å². The number of guanidine groups is 1. The number of anilines is 1. The van der Waals surface area contributed by atoms with E-state index < -0.39 is 0 Å². The van der Waals surface area contributed by atoms with Crippen molar-refractivity contribution in [3.8, 4) is 0 Å². The second-order valence-electron chi connectivity index (χ2n) is 7.72. The molecule has 1 aromatic heterocycles. The van der Waals surface area contributed by atoms with Crippen LogP contribution in [-0.2, 0) is 6.54 Å². The fourth-order valence-corrected chi connectivity index (χ4v) is 3.69. The van der Waals surface area contributed by atoms with E-state index in [1.54, 1.807) is 19.2 Å². The predicted octanol–water partition coefficient (Wildman–Crippen LogP) is 3.46. The second kappa shape index (κ2) is 11.4. The molecule has 30 heavy (non-hydrogen) atoms. The molecular weight excluding hydrogens is 378 g/mol. The lowest BCUT2D eigenvalue weighted by Crippen LogP contribution is -2.41. The van der Waals surface area contributed by atoms with E-state index in [9.17, 15) is 4.79 Å². The Balaban J connectivity index is 1.36. The van der Waals surface area contributed by atoms with Crippen molar-refractivity contribution in [2.75, 3.05) is 32.0 Å². The highest BCUT2D eigenvalue weighted by Crippen LogP contribution is 2.16. The molecule has 1 aliphatic rings. The number of likely N-dealkylation sites (tertiary alicyclic amines) is 1. The molecule has 7 nitrogen and oxygen atoms in total. The van der Waals surface area contributed by atoms with Crippen molar-refractivity contribution in [3.63, 3.8) is 0 Å². The summed E-state index contributed by atoms with van der Waals surface area (Å²) in [6, 6.07) is 11.8. The number of aliphatic imine (C=N–C) groups is 1. The Labute approximate surface area is 178 Å². The Morgan fingerprint density at radius 1 is 1.20 bits per heavy atom. The zero-order chi connectivity index (χ0) is 21.2. The Kier molecular flexibility index (Phi) is 8.32. The number of amides is 1. The fraction of sp³-hybridized carbons (Fsp3) is 0.478. The topological polar surface area (TPSA) is 81.9 Å². The van der Waals surface area contributed by atoms with Gasteiger partial charge < -0.3 is 25.3 Å². The summed E-state index contributed by atoms with van der Waals surface area (Å²) in [4.78, 5) is 18.9. The van der Waals surface area contributed by atoms with Crippen molar-refractivity contribution < 1.29 is 9.21 Å². The first-order valence-electron chi connectivity index (χ1n) is 10.8. The smallest absolute Gasteiger partial charge is 0.291 e. The minimum atomic E-state index is -0.255. The van der Waals surface area contributed by atoms with Gasteiger partial charge in [0, 0.05) is 38.4 Å². The predicted molar refractivity (Wildman–Crippen MR) is 121 cm³/mol. The minimum Gasteiger partial charge on any atom is -0.459 e. The van der Waals surface area contributed by atoms with Crippen LogP contribution in [0.1, 0.15) is 48.7 Å². The van der Waals surface area contributed by atoms with Crippen LogP contribution in [0.4, 0.5) is 5.69 Å². The number of benzene rings is 1. The maximum Gasteiger partial charge on any atom is 0.291 e. The largest absolute Gasteiger partial charge is 0.459 e. The molecule has 1 atom stereocenters. The molecular formula is C23H33N5O2. The van der Waals surface area contributed by atoms with Crippen LogP contribution in [0.25, 0.3) is 0 Å². The van der Waals surface area contributed by atoms with Gasteiger partial charge in [-0.05, 0) is 62.6 Å². The monoisotopic (exact) mass is 411 g/mol. The third kappa shape index (κ3) is 6.62. The van der Waals surface area contributed by atoms with Gasteiger partial charge in [0.25, 0.3) is 5.91 Å². The molecule has 0 radical (unpaired) electrons. The number of carbonyl (C=O) groups excluding carboxylic acids is 1. The average Bonchev–Trinajstić information content (AvgIpc) is 3.31. The molecule has 2 aromatic rings. The van der Waals surface area contributed by atoms with E-state index in [0.29, 0.717) is 18.3 Å². The van der Waals surface area contributed by atoms with Crippen molar-refractivity contribution in [2.24, 2.45) is 4.99 Å². The summed E-state index contributed by atoms with van der Waals surface area (Å²) in [5, 5.41) is 9.55. The first kappa shape index (κ1) is 21.9. The van der Waals surface area contributed by atoms with E-state index in [1.807, 2.05) is 24.3 Å². The molecule has 0 saturated carbocycles. The number of furan rings is 1. The first-order valence-corrected chi connectivity index (χ1v) is 10.8. The number of piperidine rings is 1. The van der Waals surface area contributed by atoms with Gasteiger partial charge in [-0.3, -0.25) is 9.79 Å². The average molecular weight is 412 g/mol. The summed E-state index contributed by atoms with van der Waals surface area (Å²) in [6.07, 6.45) is 6.60. The van der Waals surface area contributed by atoms with Crippen molar-refractivity contribution in [1.29, 1.82) is 0 Å². The molecule has 1 unspecified atom stereocenters. The normalized spacial score (nSPS) is 17.5. The maximum absolute atomic E-state index is 12.0. The molecule has 1 fully saturated rings. The summed E-state index contributed by atoms with van der Waals surface area (Å²) in [5.74, 6) is 0.844. The Morgan fingerprint density at radius 3 is 2.73 bits per heavy atom. The lowest BCUT2D eigenvalue weighted by molar-refractivity contribution is 0.0996. The van der Waals surface area contributed by atoms with Gasteiger partial charge in [0.1, 0.15) is 0 Å². The molecule has 7 heteroatoms. The van der Waals surface area contributed by atoms with E-state index in [4.69, 9.17) is 4.42 Å². The van der Waals surface area contributed by atoms with Gasteiger partial charge >= 0.3 is 0 Å². The van der Waals surface area contributed by atoms with Gasteiger partial charge in [0.15, 0.2) is 11.7 Å². The molecule has 0 aliphatic carbocycles. The Bertz CT molecular complexity index is 802. The van der Waals surface area contributed by atoms with Crippen LogP contribution in [0.2, 0.25) is 0 Å². The van der Waals surface area contributed by atoms with Crippen LogP contribution in [-0.4, -0.2) is 49.5 Å². The lowest BCUT2D eigenvalue weighted by atomic mass is 10.0. The summed E-state index contributed by atoms with van der Waals surface area (Å²) in [5.41, 5.74) is 1.84. The van der Waals surface area contributed by atoms with Crippen LogP contribution in [0.15, 0.2) is 52.1 Å². The van der Waals surface area contributed by atoms with E-state index in [0.717, 1.165) is 36.7 Å². The number of carbonyl (C=O) groups is 1. The molecule has 1 aromatic carbocycles. The highest BCUT2D eigenvalue weighted by molar-refractivity contribution is 6.02. The third-order valence-corrected chi connectivity index (χ3v) is 5.50. The van der Waals surface area contributed by atoms with Crippen molar-refractivity contribution in [2.45, 2.75) is 45.2 Å². The van der Waals surface area contributed by atoms with E-state index in [2.05, 4.69) is 32.8 Å². The van der Waals surface area contributed by atoms with Gasteiger partial charge in [0.05, 0.1) is 6.26 Å². The standard InChI is InChI=1S/C23H33N5O2/c1-18-7-3-4-14-28(18)15-6-13-25-23(24-2)26-17-19-9-11-20(12-10-19)27-22(29)21-8-5-16-30-21/h5,8-12,16,18H,3-4,6-7,13-15,17H2,1-2H3,(H,27,29)(H2,24,25,26). The van der Waals surface area contributed by atoms with Crippen LogP contribution in [0, 0.1) is 0 Å². The molecule has 1 amide bonds. The summed E-state index contributed by atoms with van der Waals surface area (Å²) in [6.45, 7) is 6.26. The van der Waals surface area contributed by atoms with Crippen LogP contribution >= 0.6 is 0 Å². The summed E-state index contributed by atoms with van der Waals surface area (Å²) in [7, 11) is 1.79. The highest BCUT2D eigenvalue weighted by atomic mass is 16.3. The SMILES string of the molecule is CN=C(NCCCN1CCCCC1C)NCc1ccc(NC(=O)c2ccco2)cc1. The zero-order valence-corrected chi connectivity index (χ0v) is 18.0. The molecule has 0 spiro atoms. The van der Waals surface area contributed by atoms with E-state index in [-0.39, 0.29) is 5.91 Å². The highest BCUT2D eigenvalue weighted by Gasteiger charge is 2.17. The molecule has 3 N–H and O–H groups in total. The molecule has 3 rings (SSSR count). The van der Waals surface area contributed by atoms with Gasteiger partial charge in [-0.2, -0.15) is 0 Å². The molecule has 1 aliphatic heterocycles. The Hall–Kier alpha value is -2.80. The summed E-state index contributed by atoms with van der Waals surface area (Å²) < 4.78 is 5.10. The number of rotatable bonds is 8. The van der Waals surface area contributed by atoms with Crippen molar-refractivity contribution in [3.05, 3.63) is 54.0 Å². The molecule has 162 valence electrons. The maximum atomic E-state index is 12.0. The van der Waals surface area contributed by atoms with Crippen molar-refractivity contribution >= 4 is 17.6 Å². The number of hydrogen-bond donors (Lipinski definition) is 3. The van der Waals surface area contributed by atoms with Gasteiger partial charge in [0.2, 0.25) is 0 Å². The number of nitrogens with one attached hydrogen (secondary N) is 3. The first-order chi connectivity index (χ1) is 14.7. The molecule has 0 bridgehead atoms. The third-order valence-electron chi connectivity index (χ3n) is 5.50. The minimum absolute atomic E-state index is 0.255.